The molecule has 1 aliphatic rings. The molecule has 0 heterocycles. The minimum atomic E-state index is -3.36. The molecule has 1 fully saturated rings. The van der Waals surface area contributed by atoms with E-state index < -0.39 is 26.3 Å². The van der Waals surface area contributed by atoms with Crippen molar-refractivity contribution in [2.75, 3.05) is 7.11 Å². The Bertz CT molecular complexity index is 362. The first kappa shape index (κ1) is 14.4. The number of aliphatic carboxylic acids is 1. The second-order valence-electron chi connectivity index (χ2n) is 4.64. The van der Waals surface area contributed by atoms with Gasteiger partial charge >= 0.3 is 5.97 Å². The number of hydrogen-bond acceptors (Lipinski definition) is 4. The van der Waals surface area contributed by atoms with Gasteiger partial charge in [-0.1, -0.05) is 0 Å². The number of carboxylic acid groups (broad SMARTS) is 1. The summed E-state index contributed by atoms with van der Waals surface area (Å²) >= 11 is 0. The van der Waals surface area contributed by atoms with Gasteiger partial charge in [0.05, 0.1) is 23.0 Å². The van der Waals surface area contributed by atoms with Crippen molar-refractivity contribution < 1.29 is 23.1 Å². The molecule has 1 aliphatic carbocycles. The zero-order valence-electron chi connectivity index (χ0n) is 10.3. The Labute approximate surface area is 102 Å². The largest absolute Gasteiger partial charge is 0.481 e. The Kier molecular flexibility index (Phi) is 4.94. The van der Waals surface area contributed by atoms with Gasteiger partial charge in [-0.25, -0.2) is 8.42 Å². The van der Waals surface area contributed by atoms with E-state index in [1.54, 1.807) is 7.11 Å². The van der Waals surface area contributed by atoms with Gasteiger partial charge in [0.15, 0.2) is 9.84 Å². The lowest BCUT2D eigenvalue weighted by Gasteiger charge is -2.29. The molecule has 1 saturated carbocycles. The molecule has 1 N–H and O–H groups in total. The molecule has 0 radical (unpaired) electrons. The molecule has 17 heavy (non-hydrogen) atoms. The van der Waals surface area contributed by atoms with Crippen LogP contribution >= 0.6 is 0 Å². The molecule has 0 saturated heterocycles. The van der Waals surface area contributed by atoms with Crippen molar-refractivity contribution in [1.82, 2.24) is 0 Å². The maximum atomic E-state index is 12.2. The summed E-state index contributed by atoms with van der Waals surface area (Å²) in [4.78, 5) is 10.6. The van der Waals surface area contributed by atoms with Crippen molar-refractivity contribution in [2.24, 2.45) is 0 Å². The first-order valence-electron chi connectivity index (χ1n) is 5.85. The molecule has 1 rings (SSSR count). The third-order valence-corrected chi connectivity index (χ3v) is 6.04. The van der Waals surface area contributed by atoms with Gasteiger partial charge in [-0.05, 0) is 32.6 Å². The third-order valence-electron chi connectivity index (χ3n) is 3.40. The second-order valence-corrected chi connectivity index (χ2v) is 7.29. The van der Waals surface area contributed by atoms with Gasteiger partial charge in [0, 0.05) is 7.11 Å². The quantitative estimate of drug-likeness (QED) is 0.807. The topological polar surface area (TPSA) is 80.7 Å². The van der Waals surface area contributed by atoms with E-state index in [4.69, 9.17) is 9.84 Å². The molecule has 0 aromatic carbocycles. The summed E-state index contributed by atoms with van der Waals surface area (Å²) in [5, 5.41) is 7.39. The molecule has 0 amide bonds. The number of rotatable bonds is 5. The van der Waals surface area contributed by atoms with Crippen molar-refractivity contribution in [3.63, 3.8) is 0 Å². The number of hydrogen-bond donors (Lipinski definition) is 1. The first-order valence-corrected chi connectivity index (χ1v) is 7.46. The average Bonchev–Trinajstić information content (AvgIpc) is 2.28. The smallest absolute Gasteiger partial charge is 0.304 e. The summed E-state index contributed by atoms with van der Waals surface area (Å²) in [6.07, 6.45) is 2.48. The average molecular weight is 264 g/mol. The lowest BCUT2D eigenvalue weighted by atomic mass is 9.97. The van der Waals surface area contributed by atoms with E-state index in [1.165, 1.54) is 6.92 Å². The van der Waals surface area contributed by atoms with Crippen molar-refractivity contribution >= 4 is 15.8 Å². The van der Waals surface area contributed by atoms with E-state index in [0.717, 1.165) is 12.8 Å². The molecule has 5 nitrogen and oxygen atoms in total. The Morgan fingerprint density at radius 3 is 2.65 bits per heavy atom. The molecule has 0 aromatic heterocycles. The number of methoxy groups -OCH3 is 1. The zero-order valence-corrected chi connectivity index (χ0v) is 11.1. The molecule has 0 spiro atoms. The van der Waals surface area contributed by atoms with Gasteiger partial charge in [-0.15, -0.1) is 0 Å². The highest BCUT2D eigenvalue weighted by Crippen LogP contribution is 2.28. The van der Waals surface area contributed by atoms with Crippen molar-refractivity contribution in [2.45, 2.75) is 55.6 Å². The highest BCUT2D eigenvalue weighted by atomic mass is 32.2. The normalized spacial score (nSPS) is 27.6. The molecule has 6 heteroatoms. The van der Waals surface area contributed by atoms with E-state index in [-0.39, 0.29) is 12.5 Å². The summed E-state index contributed by atoms with van der Waals surface area (Å²) in [6, 6.07) is 0. The summed E-state index contributed by atoms with van der Waals surface area (Å²) in [5.41, 5.74) is 0. The Morgan fingerprint density at radius 1 is 1.47 bits per heavy atom. The van der Waals surface area contributed by atoms with Crippen LogP contribution in [-0.2, 0) is 19.4 Å². The van der Waals surface area contributed by atoms with Crippen LogP contribution in [0.15, 0.2) is 0 Å². The standard InChI is InChI=1S/C11H20O5S/c1-8(6-11(12)13)17(14,15)10-5-3-4-9(7-10)16-2/h8-10H,3-7H2,1-2H3,(H,12,13). The van der Waals surface area contributed by atoms with Crippen molar-refractivity contribution in [1.29, 1.82) is 0 Å². The van der Waals surface area contributed by atoms with Crippen LogP contribution in [0.1, 0.15) is 39.0 Å². The van der Waals surface area contributed by atoms with Crippen molar-refractivity contribution in [3.05, 3.63) is 0 Å². The zero-order chi connectivity index (χ0) is 13.1. The lowest BCUT2D eigenvalue weighted by Crippen LogP contribution is -2.37. The van der Waals surface area contributed by atoms with Crippen LogP contribution < -0.4 is 0 Å². The van der Waals surface area contributed by atoms with Crippen LogP contribution in [-0.4, -0.2) is 43.2 Å². The molecule has 0 bridgehead atoms. The van der Waals surface area contributed by atoms with Gasteiger partial charge in [-0.3, -0.25) is 4.79 Å². The molecule has 0 aliphatic heterocycles. The molecular formula is C11H20O5S. The summed E-state index contributed by atoms with van der Waals surface area (Å²) in [6.45, 7) is 1.47. The number of carbonyl (C=O) groups is 1. The van der Waals surface area contributed by atoms with Crippen molar-refractivity contribution in [3.8, 4) is 0 Å². The van der Waals surface area contributed by atoms with Crippen LogP contribution in [0.3, 0.4) is 0 Å². The second kappa shape index (κ2) is 5.82. The van der Waals surface area contributed by atoms with E-state index in [1.807, 2.05) is 0 Å². The molecule has 0 aromatic rings. The van der Waals surface area contributed by atoms with Crippen LogP contribution in [0.2, 0.25) is 0 Å². The Morgan fingerprint density at radius 2 is 2.12 bits per heavy atom. The van der Waals surface area contributed by atoms with Gasteiger partial charge < -0.3 is 9.84 Å². The Hall–Kier alpha value is -0.620. The number of sulfone groups is 1. The fourth-order valence-electron chi connectivity index (χ4n) is 2.31. The van der Waals surface area contributed by atoms with Gasteiger partial charge in [0.1, 0.15) is 0 Å². The van der Waals surface area contributed by atoms with Crippen LogP contribution in [0.4, 0.5) is 0 Å². The third kappa shape index (κ3) is 3.67. The number of ether oxygens (including phenoxy) is 1. The Balaban J connectivity index is 2.72. The maximum Gasteiger partial charge on any atom is 0.304 e. The fourth-order valence-corrected chi connectivity index (χ4v) is 4.32. The first-order chi connectivity index (χ1) is 7.87. The summed E-state index contributed by atoms with van der Waals surface area (Å²) < 4.78 is 29.5. The van der Waals surface area contributed by atoms with E-state index in [2.05, 4.69) is 0 Å². The predicted molar refractivity (Wildman–Crippen MR) is 63.7 cm³/mol. The van der Waals surface area contributed by atoms with E-state index >= 15 is 0 Å². The minimum Gasteiger partial charge on any atom is -0.481 e. The predicted octanol–water partition coefficient (Wildman–Crippen LogP) is 1.22. The highest BCUT2D eigenvalue weighted by Gasteiger charge is 2.36. The van der Waals surface area contributed by atoms with Gasteiger partial charge in [-0.2, -0.15) is 0 Å². The van der Waals surface area contributed by atoms with Gasteiger partial charge in [0.2, 0.25) is 0 Å². The number of carboxylic acids is 1. The lowest BCUT2D eigenvalue weighted by molar-refractivity contribution is -0.136. The van der Waals surface area contributed by atoms with E-state index in [0.29, 0.717) is 12.8 Å². The SMILES string of the molecule is COC1CCCC(S(=O)(=O)C(C)CC(=O)O)C1. The summed E-state index contributed by atoms with van der Waals surface area (Å²) in [7, 11) is -1.78. The molecule has 100 valence electrons. The van der Waals surface area contributed by atoms with Crippen LogP contribution in [0.5, 0.6) is 0 Å². The molecule has 3 atom stereocenters. The monoisotopic (exact) mass is 264 g/mol. The van der Waals surface area contributed by atoms with Gasteiger partial charge in [0.25, 0.3) is 0 Å². The van der Waals surface area contributed by atoms with Crippen LogP contribution in [0, 0.1) is 0 Å². The molecule has 3 unspecified atom stereocenters. The summed E-state index contributed by atoms with van der Waals surface area (Å²) in [5.74, 6) is -1.07. The van der Waals surface area contributed by atoms with Crippen LogP contribution in [0.25, 0.3) is 0 Å². The highest BCUT2D eigenvalue weighted by molar-refractivity contribution is 7.92. The fraction of sp³-hybridized carbons (Fsp3) is 0.909. The maximum absolute atomic E-state index is 12.2. The van der Waals surface area contributed by atoms with E-state index in [9.17, 15) is 13.2 Å². The minimum absolute atomic E-state index is 0.0134. The molecular weight excluding hydrogens is 244 g/mol.